The molecule has 2 atom stereocenters. The molecule has 2 aliphatic carbocycles. The van der Waals surface area contributed by atoms with E-state index in [2.05, 4.69) is 108 Å². The molecule has 2 heteroatoms. The summed E-state index contributed by atoms with van der Waals surface area (Å²) in [7, 11) is 0. The fraction of sp³-hybridized carbons (Fsp3) is 0.0769. The topological polar surface area (TPSA) is 0 Å². The fourth-order valence-electron chi connectivity index (χ4n) is 3.71. The van der Waals surface area contributed by atoms with E-state index in [1.807, 2.05) is 0 Å². The maximum absolute atomic E-state index is 2.41. The van der Waals surface area contributed by atoms with Gasteiger partial charge in [0, 0.05) is 21.6 Å². The number of rotatable bonds is 4. The number of allylic oxidation sites excluding steroid dienone is 5. The number of benzene rings is 1. The summed E-state index contributed by atoms with van der Waals surface area (Å²) < 4.78 is 0. The van der Waals surface area contributed by atoms with E-state index in [0.29, 0.717) is 11.8 Å². The molecule has 28 heavy (non-hydrogen) atoms. The Kier molecular flexibility index (Phi) is 4.82. The van der Waals surface area contributed by atoms with E-state index in [9.17, 15) is 0 Å². The van der Waals surface area contributed by atoms with Gasteiger partial charge < -0.3 is 0 Å². The first-order valence-electron chi connectivity index (χ1n) is 9.50. The van der Waals surface area contributed by atoms with Crippen molar-refractivity contribution in [2.75, 3.05) is 0 Å². The van der Waals surface area contributed by atoms with E-state index in [1.165, 1.54) is 31.3 Å². The van der Waals surface area contributed by atoms with E-state index in [0.717, 1.165) is 0 Å². The third-order valence-electron chi connectivity index (χ3n) is 5.16. The van der Waals surface area contributed by atoms with E-state index in [4.69, 9.17) is 0 Å². The largest absolute Gasteiger partial charge is 0.144 e. The van der Waals surface area contributed by atoms with Gasteiger partial charge >= 0.3 is 0 Å². The van der Waals surface area contributed by atoms with Gasteiger partial charge in [-0.2, -0.15) is 0 Å². The van der Waals surface area contributed by atoms with Crippen molar-refractivity contribution in [3.63, 3.8) is 0 Å². The summed E-state index contributed by atoms with van der Waals surface area (Å²) in [6.45, 7) is 0. The lowest BCUT2D eigenvalue weighted by Gasteiger charge is -2.23. The Balaban J connectivity index is 1.41. The van der Waals surface area contributed by atoms with E-state index < -0.39 is 0 Å². The minimum absolute atomic E-state index is 0.438. The molecule has 0 spiro atoms. The highest BCUT2D eigenvalue weighted by atomic mass is 32.1. The summed E-state index contributed by atoms with van der Waals surface area (Å²) in [5.74, 6) is 0.885. The van der Waals surface area contributed by atoms with Crippen LogP contribution in [0.4, 0.5) is 0 Å². The maximum atomic E-state index is 2.41. The lowest BCUT2D eigenvalue weighted by atomic mass is 9.81. The third kappa shape index (κ3) is 3.80. The summed E-state index contributed by atoms with van der Waals surface area (Å²) in [6, 6.07) is 15.3. The normalized spacial score (nSPS) is 20.5. The molecular weight excluding hydrogens is 376 g/mol. The van der Waals surface area contributed by atoms with Crippen molar-refractivity contribution in [2.24, 2.45) is 11.8 Å². The minimum Gasteiger partial charge on any atom is -0.144 e. The third-order valence-corrected chi connectivity index (χ3v) is 6.84. The second-order valence-electron chi connectivity index (χ2n) is 7.10. The number of hydrogen-bond donors (Lipinski definition) is 0. The van der Waals surface area contributed by atoms with Gasteiger partial charge in [0.25, 0.3) is 0 Å². The van der Waals surface area contributed by atoms with Crippen molar-refractivity contribution in [1.82, 2.24) is 0 Å². The monoisotopic (exact) mass is 396 g/mol. The molecule has 5 rings (SSSR count). The predicted molar refractivity (Wildman–Crippen MR) is 125 cm³/mol. The van der Waals surface area contributed by atoms with Crippen LogP contribution in [0.5, 0.6) is 0 Å². The molecule has 2 unspecified atom stereocenters. The van der Waals surface area contributed by atoms with Crippen molar-refractivity contribution >= 4 is 53.1 Å². The lowest BCUT2D eigenvalue weighted by Crippen LogP contribution is -2.32. The van der Waals surface area contributed by atoms with E-state index in [-0.39, 0.29) is 0 Å². The Bertz CT molecular complexity index is 1200. The highest BCUT2D eigenvalue weighted by molar-refractivity contribution is 7.11. The Morgan fingerprint density at radius 1 is 0.679 bits per heavy atom. The van der Waals surface area contributed by atoms with Gasteiger partial charge in [-0.15, -0.1) is 22.7 Å². The van der Waals surface area contributed by atoms with E-state index in [1.54, 1.807) is 22.7 Å². The second kappa shape index (κ2) is 7.75. The molecule has 0 nitrogen and oxygen atoms in total. The van der Waals surface area contributed by atoms with Gasteiger partial charge in [0.2, 0.25) is 0 Å². The molecule has 0 bridgehead atoms. The Morgan fingerprint density at radius 3 is 2.18 bits per heavy atom. The Hall–Kier alpha value is -2.68. The molecule has 0 saturated carbocycles. The van der Waals surface area contributed by atoms with Crippen LogP contribution in [0.25, 0.3) is 30.4 Å². The van der Waals surface area contributed by atoms with Crippen molar-refractivity contribution in [3.8, 4) is 0 Å². The molecule has 0 fully saturated rings. The molecule has 3 aromatic rings. The molecule has 136 valence electrons. The summed E-state index contributed by atoms with van der Waals surface area (Å²) >= 11 is 3.54. The number of fused-ring (bicyclic) bond motifs is 2. The minimum atomic E-state index is 0.438. The molecule has 0 radical (unpaired) electrons. The van der Waals surface area contributed by atoms with Crippen LogP contribution in [0.15, 0.2) is 83.1 Å². The molecule has 2 aromatic heterocycles. The van der Waals surface area contributed by atoms with Crippen molar-refractivity contribution < 1.29 is 0 Å². The molecule has 2 aliphatic rings. The van der Waals surface area contributed by atoms with Gasteiger partial charge in [0.15, 0.2) is 0 Å². The fourth-order valence-corrected chi connectivity index (χ4v) is 4.95. The molecule has 1 aromatic carbocycles. The Labute approximate surface area is 173 Å². The first-order valence-corrected chi connectivity index (χ1v) is 11.3. The Morgan fingerprint density at radius 2 is 1.43 bits per heavy atom. The quantitative estimate of drug-likeness (QED) is 0.508. The van der Waals surface area contributed by atoms with Gasteiger partial charge in [0.1, 0.15) is 0 Å². The van der Waals surface area contributed by atoms with Gasteiger partial charge in [-0.1, -0.05) is 66.8 Å². The molecule has 0 aliphatic heterocycles. The van der Waals surface area contributed by atoms with Crippen molar-refractivity contribution in [3.05, 3.63) is 109 Å². The zero-order valence-electron chi connectivity index (χ0n) is 15.4. The zero-order chi connectivity index (χ0) is 18.8. The van der Waals surface area contributed by atoms with Gasteiger partial charge in [-0.05, 0) is 62.7 Å². The van der Waals surface area contributed by atoms with Gasteiger partial charge in [-0.25, -0.2) is 0 Å². The van der Waals surface area contributed by atoms with Crippen LogP contribution in [-0.2, 0) is 0 Å². The SMILES string of the molecule is C1=CC2C=c3cc(/C=C/c4cccs4)ccc3=CC2C=C1/C=C/c1cccs1. The summed E-state index contributed by atoms with van der Waals surface area (Å²) in [5.41, 5.74) is 2.54. The molecule has 0 saturated heterocycles. The molecular formula is C26H20S2. The van der Waals surface area contributed by atoms with Gasteiger partial charge in [-0.3, -0.25) is 0 Å². The predicted octanol–water partition coefficient (Wildman–Crippen LogP) is 6.00. The highest BCUT2D eigenvalue weighted by Crippen LogP contribution is 2.28. The first-order chi connectivity index (χ1) is 13.8. The summed E-state index contributed by atoms with van der Waals surface area (Å²) in [6.07, 6.45) is 20.6. The highest BCUT2D eigenvalue weighted by Gasteiger charge is 2.18. The lowest BCUT2D eigenvalue weighted by molar-refractivity contribution is 0.719. The second-order valence-corrected chi connectivity index (χ2v) is 9.06. The van der Waals surface area contributed by atoms with Crippen LogP contribution in [0.3, 0.4) is 0 Å². The van der Waals surface area contributed by atoms with Gasteiger partial charge in [0.05, 0.1) is 0 Å². The van der Waals surface area contributed by atoms with Crippen molar-refractivity contribution in [2.45, 2.75) is 0 Å². The molecule has 2 heterocycles. The summed E-state index contributed by atoms with van der Waals surface area (Å²) in [5, 5.41) is 6.90. The number of thiophene rings is 2. The first kappa shape index (κ1) is 17.4. The molecule has 0 amide bonds. The zero-order valence-corrected chi connectivity index (χ0v) is 17.0. The average molecular weight is 397 g/mol. The average Bonchev–Trinajstić information content (AvgIpc) is 3.43. The summed E-state index contributed by atoms with van der Waals surface area (Å²) in [4.78, 5) is 2.58. The van der Waals surface area contributed by atoms with Crippen LogP contribution < -0.4 is 10.4 Å². The number of hydrogen-bond acceptors (Lipinski definition) is 2. The van der Waals surface area contributed by atoms with Crippen LogP contribution in [0.1, 0.15) is 15.3 Å². The van der Waals surface area contributed by atoms with E-state index >= 15 is 0 Å². The van der Waals surface area contributed by atoms with Crippen LogP contribution in [-0.4, -0.2) is 0 Å². The maximum Gasteiger partial charge on any atom is 0.0270 e. The van der Waals surface area contributed by atoms with Crippen LogP contribution >= 0.6 is 22.7 Å². The van der Waals surface area contributed by atoms with Crippen LogP contribution in [0.2, 0.25) is 0 Å². The smallest absolute Gasteiger partial charge is 0.0270 e. The standard InChI is InChI=1S/C26H20S2/c1-3-25(27-13-1)11-7-19-5-9-21-18-24-16-20(8-12-26-4-2-14-28-26)6-10-22(24)17-23(21)15-19/h1-18,21,23H/b11-7+,12-8+. The molecule has 0 N–H and O–H groups in total. The van der Waals surface area contributed by atoms with Crippen molar-refractivity contribution in [1.29, 1.82) is 0 Å². The van der Waals surface area contributed by atoms with Crippen LogP contribution in [0, 0.1) is 11.8 Å².